The van der Waals surface area contributed by atoms with Crippen LogP contribution in [-0.4, -0.2) is 55.2 Å². The fraction of sp³-hybridized carbons (Fsp3) is 0.417. The third-order valence-electron chi connectivity index (χ3n) is 6.18. The van der Waals surface area contributed by atoms with Gasteiger partial charge in [-0.15, -0.1) is 0 Å². The maximum absolute atomic E-state index is 13.0. The van der Waals surface area contributed by atoms with E-state index >= 15 is 0 Å². The van der Waals surface area contributed by atoms with Crippen molar-refractivity contribution in [3.8, 4) is 0 Å². The number of rotatable bonds is 5. The number of nitrogens with zero attached hydrogens (tertiary/aromatic N) is 2. The zero-order valence-corrected chi connectivity index (χ0v) is 20.1. The van der Waals surface area contributed by atoms with Gasteiger partial charge in [0.2, 0.25) is 10.0 Å². The van der Waals surface area contributed by atoms with E-state index in [1.807, 2.05) is 24.3 Å². The molecule has 33 heavy (non-hydrogen) atoms. The Hall–Kier alpha value is -2.42. The predicted octanol–water partition coefficient (Wildman–Crippen LogP) is 3.64. The average molecular weight is 491 g/mol. The van der Waals surface area contributed by atoms with E-state index in [-0.39, 0.29) is 21.4 Å². The molecule has 0 bridgehead atoms. The maximum Gasteiger partial charge on any atom is 0.340 e. The zero-order valence-electron chi connectivity index (χ0n) is 18.5. The first-order valence-corrected chi connectivity index (χ1v) is 13.0. The molecule has 2 aromatic carbocycles. The molecular formula is C24H27ClN2O5S. The van der Waals surface area contributed by atoms with E-state index < -0.39 is 22.1 Å². The van der Waals surface area contributed by atoms with Crippen molar-refractivity contribution in [2.75, 3.05) is 19.6 Å². The van der Waals surface area contributed by atoms with Gasteiger partial charge >= 0.3 is 5.97 Å². The number of hydrogen-bond donors (Lipinski definition) is 0. The van der Waals surface area contributed by atoms with Crippen LogP contribution in [0, 0.1) is 0 Å². The number of sulfonamides is 1. The first kappa shape index (κ1) is 23.7. The van der Waals surface area contributed by atoms with Crippen LogP contribution in [0.3, 0.4) is 0 Å². The van der Waals surface area contributed by atoms with Gasteiger partial charge in [-0.25, -0.2) is 13.2 Å². The molecule has 0 spiro atoms. The number of carbonyl (C=O) groups excluding carboxylic acids is 2. The molecule has 7 nitrogen and oxygen atoms in total. The first-order chi connectivity index (χ1) is 15.8. The summed E-state index contributed by atoms with van der Waals surface area (Å²) in [7, 11) is -3.73. The van der Waals surface area contributed by atoms with Gasteiger partial charge in [0.1, 0.15) is 0 Å². The highest BCUT2D eigenvalue weighted by Gasteiger charge is 2.30. The summed E-state index contributed by atoms with van der Waals surface area (Å²) in [6, 6.07) is 12.0. The molecule has 2 aliphatic rings. The Morgan fingerprint density at radius 1 is 1.00 bits per heavy atom. The van der Waals surface area contributed by atoms with E-state index in [9.17, 15) is 18.0 Å². The molecule has 0 aromatic heterocycles. The number of benzene rings is 2. The monoisotopic (exact) mass is 490 g/mol. The number of hydrogen-bond acceptors (Lipinski definition) is 5. The Morgan fingerprint density at radius 2 is 1.70 bits per heavy atom. The highest BCUT2D eigenvalue weighted by atomic mass is 35.5. The first-order valence-electron chi connectivity index (χ1n) is 11.1. The molecule has 1 atom stereocenters. The molecule has 0 aliphatic carbocycles. The van der Waals surface area contributed by atoms with Gasteiger partial charge in [0.05, 0.1) is 15.5 Å². The van der Waals surface area contributed by atoms with Gasteiger partial charge in [0, 0.05) is 26.2 Å². The van der Waals surface area contributed by atoms with E-state index in [1.165, 1.54) is 35.0 Å². The van der Waals surface area contributed by atoms with Crippen LogP contribution in [-0.2, 0) is 32.5 Å². The van der Waals surface area contributed by atoms with E-state index in [2.05, 4.69) is 0 Å². The lowest BCUT2D eigenvalue weighted by Gasteiger charge is -2.30. The Bertz CT molecular complexity index is 1160. The standard InChI is InChI=1S/C24H27ClN2O5S/c1-17(23(28)26-14-11-18-7-3-4-8-19(18)16-26)32-24(29)21-15-20(9-10-22(21)25)33(30,31)27-12-5-2-6-13-27/h3-4,7-10,15,17H,2,5-6,11-14,16H2,1H3/t17-/m1/s1. The minimum absolute atomic E-state index is 0.00707. The summed E-state index contributed by atoms with van der Waals surface area (Å²) >= 11 is 6.19. The van der Waals surface area contributed by atoms with Crippen LogP contribution in [0.25, 0.3) is 0 Å². The summed E-state index contributed by atoms with van der Waals surface area (Å²) in [6.45, 7) is 3.43. The molecule has 1 fully saturated rings. The molecule has 1 saturated heterocycles. The summed E-state index contributed by atoms with van der Waals surface area (Å²) in [6.07, 6.45) is 2.33. The second kappa shape index (κ2) is 9.83. The van der Waals surface area contributed by atoms with Gasteiger partial charge in [-0.2, -0.15) is 4.31 Å². The highest BCUT2D eigenvalue weighted by Crippen LogP contribution is 2.26. The van der Waals surface area contributed by atoms with Crippen molar-refractivity contribution in [2.45, 2.75) is 50.2 Å². The quantitative estimate of drug-likeness (QED) is 0.597. The normalized spacial score (nSPS) is 17.8. The number of ether oxygens (including phenoxy) is 1. The topological polar surface area (TPSA) is 84.0 Å². The van der Waals surface area contributed by atoms with Crippen molar-refractivity contribution in [1.82, 2.24) is 9.21 Å². The van der Waals surface area contributed by atoms with Gasteiger partial charge < -0.3 is 9.64 Å². The number of esters is 1. The Morgan fingerprint density at radius 3 is 2.42 bits per heavy atom. The van der Waals surface area contributed by atoms with Gasteiger partial charge in [-0.05, 0) is 55.5 Å². The summed E-state index contributed by atoms with van der Waals surface area (Å²) in [5.41, 5.74) is 2.22. The van der Waals surface area contributed by atoms with E-state index in [4.69, 9.17) is 16.3 Å². The zero-order chi connectivity index (χ0) is 23.6. The van der Waals surface area contributed by atoms with Crippen LogP contribution in [0.4, 0.5) is 0 Å². The van der Waals surface area contributed by atoms with E-state index in [0.29, 0.717) is 26.2 Å². The second-order valence-corrected chi connectivity index (χ2v) is 10.8. The summed E-state index contributed by atoms with van der Waals surface area (Å²) < 4.78 is 32.8. The van der Waals surface area contributed by atoms with Gasteiger partial charge in [-0.1, -0.05) is 42.3 Å². The minimum Gasteiger partial charge on any atom is -0.449 e. The predicted molar refractivity (Wildman–Crippen MR) is 125 cm³/mol. The number of fused-ring (bicyclic) bond motifs is 1. The second-order valence-electron chi connectivity index (χ2n) is 8.43. The van der Waals surface area contributed by atoms with Crippen molar-refractivity contribution in [3.05, 3.63) is 64.2 Å². The molecule has 0 radical (unpaired) electrons. The maximum atomic E-state index is 13.0. The third kappa shape index (κ3) is 5.08. The number of piperidine rings is 1. The minimum atomic E-state index is -3.73. The van der Waals surface area contributed by atoms with Gasteiger partial charge in [0.15, 0.2) is 6.10 Å². The van der Waals surface area contributed by atoms with E-state index in [0.717, 1.165) is 31.2 Å². The molecule has 2 aliphatic heterocycles. The summed E-state index contributed by atoms with van der Waals surface area (Å²) in [4.78, 5) is 27.4. The molecule has 4 rings (SSSR count). The van der Waals surface area contributed by atoms with E-state index in [1.54, 1.807) is 4.90 Å². The third-order valence-corrected chi connectivity index (χ3v) is 8.41. The molecule has 2 heterocycles. The molecule has 0 unspecified atom stereocenters. The van der Waals surface area contributed by atoms with Crippen LogP contribution < -0.4 is 0 Å². The molecular weight excluding hydrogens is 464 g/mol. The molecule has 176 valence electrons. The van der Waals surface area contributed by atoms with Crippen molar-refractivity contribution in [3.63, 3.8) is 0 Å². The van der Waals surface area contributed by atoms with Gasteiger partial charge in [-0.3, -0.25) is 4.79 Å². The average Bonchev–Trinajstić information content (AvgIpc) is 2.83. The lowest BCUT2D eigenvalue weighted by molar-refractivity contribution is -0.140. The summed E-state index contributed by atoms with van der Waals surface area (Å²) in [5.74, 6) is -1.12. The lowest BCUT2D eigenvalue weighted by atomic mass is 9.99. The SMILES string of the molecule is C[C@@H](OC(=O)c1cc(S(=O)(=O)N2CCCCC2)ccc1Cl)C(=O)N1CCc2ccccc2C1. The van der Waals surface area contributed by atoms with Crippen molar-refractivity contribution in [2.24, 2.45) is 0 Å². The fourth-order valence-corrected chi connectivity index (χ4v) is 6.03. The molecule has 0 saturated carbocycles. The number of carbonyl (C=O) groups is 2. The Balaban J connectivity index is 1.47. The smallest absolute Gasteiger partial charge is 0.340 e. The van der Waals surface area contributed by atoms with Gasteiger partial charge in [0.25, 0.3) is 5.91 Å². The van der Waals surface area contributed by atoms with Crippen molar-refractivity contribution >= 4 is 33.5 Å². The molecule has 0 N–H and O–H groups in total. The molecule has 2 aromatic rings. The van der Waals surface area contributed by atoms with Crippen LogP contribution in [0.15, 0.2) is 47.4 Å². The van der Waals surface area contributed by atoms with Crippen LogP contribution in [0.1, 0.15) is 47.7 Å². The fourth-order valence-electron chi connectivity index (χ4n) is 4.29. The van der Waals surface area contributed by atoms with Crippen LogP contribution in [0.5, 0.6) is 0 Å². The van der Waals surface area contributed by atoms with Crippen LogP contribution in [0.2, 0.25) is 5.02 Å². The summed E-state index contributed by atoms with van der Waals surface area (Å²) in [5, 5.41) is 0.0733. The van der Waals surface area contributed by atoms with Crippen molar-refractivity contribution < 1.29 is 22.7 Å². The number of halogens is 1. The largest absolute Gasteiger partial charge is 0.449 e. The Labute approximate surface area is 199 Å². The highest BCUT2D eigenvalue weighted by molar-refractivity contribution is 7.89. The molecule has 9 heteroatoms. The lowest BCUT2D eigenvalue weighted by Crippen LogP contribution is -2.42. The Kier molecular flexibility index (Phi) is 7.07. The van der Waals surface area contributed by atoms with Crippen molar-refractivity contribution in [1.29, 1.82) is 0 Å². The van der Waals surface area contributed by atoms with Crippen LogP contribution >= 0.6 is 11.6 Å². The molecule has 1 amide bonds. The number of amides is 1.